The molecule has 2 aromatic rings. The van der Waals surface area contributed by atoms with Gasteiger partial charge in [-0.05, 0) is 35.4 Å². The van der Waals surface area contributed by atoms with Crippen LogP contribution in [0.4, 0.5) is 4.39 Å². The molecule has 1 saturated heterocycles. The molecule has 0 spiro atoms. The summed E-state index contributed by atoms with van der Waals surface area (Å²) in [5.41, 5.74) is 6.62. The first-order valence-electron chi connectivity index (χ1n) is 8.30. The highest BCUT2D eigenvalue weighted by Gasteiger charge is 2.31. The lowest BCUT2D eigenvalue weighted by molar-refractivity contribution is -0.129. The molecule has 2 amide bonds. The van der Waals surface area contributed by atoms with Crippen molar-refractivity contribution < 1.29 is 18.7 Å². The van der Waals surface area contributed by atoms with Crippen LogP contribution in [0.3, 0.4) is 0 Å². The van der Waals surface area contributed by atoms with Crippen molar-refractivity contribution in [3.63, 3.8) is 0 Å². The monoisotopic (exact) mass is 357 g/mol. The highest BCUT2D eigenvalue weighted by molar-refractivity contribution is 5.83. The van der Waals surface area contributed by atoms with Crippen molar-refractivity contribution in [3.8, 4) is 5.75 Å². The molecule has 26 heavy (non-hydrogen) atoms. The second kappa shape index (κ2) is 7.97. The van der Waals surface area contributed by atoms with Gasteiger partial charge in [0.15, 0.2) is 6.61 Å². The molecule has 136 valence electrons. The van der Waals surface area contributed by atoms with Gasteiger partial charge in [0.1, 0.15) is 17.6 Å². The van der Waals surface area contributed by atoms with E-state index in [1.807, 2.05) is 17.0 Å². The molecule has 1 aliphatic heterocycles. The number of hydrogen-bond acceptors (Lipinski definition) is 4. The zero-order valence-corrected chi connectivity index (χ0v) is 14.2. The number of halogens is 1. The summed E-state index contributed by atoms with van der Waals surface area (Å²) in [6.07, 6.45) is 0. The van der Waals surface area contributed by atoms with E-state index in [-0.39, 0.29) is 18.3 Å². The van der Waals surface area contributed by atoms with Gasteiger partial charge in [-0.3, -0.25) is 14.5 Å². The molecule has 0 bridgehead atoms. The summed E-state index contributed by atoms with van der Waals surface area (Å²) >= 11 is 0. The maximum atomic E-state index is 13.6. The van der Waals surface area contributed by atoms with Gasteiger partial charge in [-0.25, -0.2) is 4.39 Å². The Morgan fingerprint density at radius 3 is 2.85 bits per heavy atom. The maximum Gasteiger partial charge on any atom is 0.255 e. The zero-order chi connectivity index (χ0) is 18.5. The number of amides is 2. The van der Waals surface area contributed by atoms with Gasteiger partial charge in [0, 0.05) is 19.6 Å². The topological polar surface area (TPSA) is 84.7 Å². The van der Waals surface area contributed by atoms with Crippen LogP contribution >= 0.6 is 0 Å². The number of carbonyl (C=O) groups is 2. The first-order valence-corrected chi connectivity index (χ1v) is 8.30. The summed E-state index contributed by atoms with van der Waals surface area (Å²) in [6, 6.07) is 12.8. The van der Waals surface area contributed by atoms with Gasteiger partial charge in [0.2, 0.25) is 5.91 Å². The smallest absolute Gasteiger partial charge is 0.255 e. The fraction of sp³-hybridized carbons (Fsp3) is 0.263. The molecule has 0 aromatic heterocycles. The van der Waals surface area contributed by atoms with Crippen LogP contribution in [0.15, 0.2) is 48.5 Å². The maximum absolute atomic E-state index is 13.6. The molecule has 0 aliphatic carbocycles. The van der Waals surface area contributed by atoms with Crippen LogP contribution in [0.5, 0.6) is 5.75 Å². The van der Waals surface area contributed by atoms with E-state index in [1.54, 1.807) is 24.3 Å². The van der Waals surface area contributed by atoms with Gasteiger partial charge in [0.05, 0.1) is 0 Å². The average Bonchev–Trinajstić information content (AvgIpc) is 2.60. The molecule has 3 N–H and O–H groups in total. The Kier molecular flexibility index (Phi) is 5.48. The largest absolute Gasteiger partial charge is 0.484 e. The third kappa shape index (κ3) is 4.37. The van der Waals surface area contributed by atoms with Crippen molar-refractivity contribution in [2.45, 2.75) is 12.6 Å². The van der Waals surface area contributed by atoms with Crippen molar-refractivity contribution in [1.29, 1.82) is 0 Å². The van der Waals surface area contributed by atoms with Crippen molar-refractivity contribution in [2.75, 3.05) is 19.7 Å². The molecule has 0 saturated carbocycles. The van der Waals surface area contributed by atoms with Gasteiger partial charge in [-0.2, -0.15) is 0 Å². The third-order valence-corrected chi connectivity index (χ3v) is 4.14. The summed E-state index contributed by atoms with van der Waals surface area (Å²) < 4.78 is 18.9. The summed E-state index contributed by atoms with van der Waals surface area (Å²) in [5, 5.41) is 2.83. The van der Waals surface area contributed by atoms with Crippen molar-refractivity contribution >= 4 is 11.8 Å². The molecule has 1 heterocycles. The van der Waals surface area contributed by atoms with Gasteiger partial charge in [-0.15, -0.1) is 0 Å². The molecule has 6 nitrogen and oxygen atoms in total. The van der Waals surface area contributed by atoms with Crippen LogP contribution in [0.2, 0.25) is 0 Å². The second-order valence-electron chi connectivity index (χ2n) is 6.12. The van der Waals surface area contributed by atoms with Gasteiger partial charge in [-0.1, -0.05) is 24.3 Å². The standard InChI is InChI=1S/C19H20FN3O3/c20-15-5-2-4-14(10-15)18-19(25)22-7-8-23(18)11-13-3-1-6-16(9-13)26-12-17(21)24/h1-6,9-10,18H,7-8,11-12H2,(H2,21,24)(H,22,25)/t18-/m0/s1. The number of nitrogens with zero attached hydrogens (tertiary/aromatic N) is 1. The van der Waals surface area contributed by atoms with Gasteiger partial charge in [0.25, 0.3) is 5.91 Å². The number of carbonyl (C=O) groups excluding carboxylic acids is 2. The Morgan fingerprint density at radius 2 is 2.08 bits per heavy atom. The lowest BCUT2D eigenvalue weighted by atomic mass is 10.0. The first kappa shape index (κ1) is 17.9. The van der Waals surface area contributed by atoms with Crippen LogP contribution in [0.25, 0.3) is 0 Å². The van der Waals surface area contributed by atoms with Crippen LogP contribution in [0, 0.1) is 5.82 Å². The fourth-order valence-electron chi connectivity index (χ4n) is 3.05. The lowest BCUT2D eigenvalue weighted by Gasteiger charge is -2.35. The normalized spacial score (nSPS) is 17.6. The Labute approximate surface area is 150 Å². The minimum Gasteiger partial charge on any atom is -0.484 e. The second-order valence-corrected chi connectivity index (χ2v) is 6.12. The highest BCUT2D eigenvalue weighted by atomic mass is 19.1. The Hall–Kier alpha value is -2.93. The zero-order valence-electron chi connectivity index (χ0n) is 14.2. The molecule has 1 aliphatic rings. The van der Waals surface area contributed by atoms with Gasteiger partial charge < -0.3 is 15.8 Å². The van der Waals surface area contributed by atoms with E-state index in [4.69, 9.17) is 10.5 Å². The first-order chi connectivity index (χ1) is 12.5. The molecule has 1 fully saturated rings. The van der Waals surface area contributed by atoms with E-state index in [0.717, 1.165) is 5.56 Å². The van der Waals surface area contributed by atoms with E-state index in [2.05, 4.69) is 5.32 Å². The van der Waals surface area contributed by atoms with Crippen molar-refractivity contribution in [2.24, 2.45) is 5.73 Å². The molecule has 3 rings (SSSR count). The number of hydrogen-bond donors (Lipinski definition) is 2. The number of ether oxygens (including phenoxy) is 1. The van der Waals surface area contributed by atoms with Gasteiger partial charge >= 0.3 is 0 Å². The Bertz CT molecular complexity index is 812. The van der Waals surface area contributed by atoms with Crippen LogP contribution in [-0.2, 0) is 16.1 Å². The number of benzene rings is 2. The van der Waals surface area contributed by atoms with Crippen molar-refractivity contribution in [1.82, 2.24) is 10.2 Å². The summed E-state index contributed by atoms with van der Waals surface area (Å²) in [6.45, 7) is 1.46. The third-order valence-electron chi connectivity index (χ3n) is 4.14. The SMILES string of the molecule is NC(=O)COc1cccc(CN2CCNC(=O)[C@@H]2c2cccc(F)c2)c1. The molecular formula is C19H20FN3O3. The van der Waals surface area contributed by atoms with Crippen LogP contribution < -0.4 is 15.8 Å². The number of primary amides is 1. The number of rotatable bonds is 6. The van der Waals surface area contributed by atoms with E-state index < -0.39 is 11.9 Å². The quantitative estimate of drug-likeness (QED) is 0.818. The van der Waals surface area contributed by atoms with Crippen LogP contribution in [0.1, 0.15) is 17.2 Å². The van der Waals surface area contributed by atoms with E-state index in [1.165, 1.54) is 12.1 Å². The molecule has 2 aromatic carbocycles. The van der Waals surface area contributed by atoms with Crippen molar-refractivity contribution in [3.05, 3.63) is 65.5 Å². The molecule has 1 atom stereocenters. The molecule has 0 radical (unpaired) electrons. The highest BCUT2D eigenvalue weighted by Crippen LogP contribution is 2.26. The van der Waals surface area contributed by atoms with E-state index in [0.29, 0.717) is 30.9 Å². The average molecular weight is 357 g/mol. The Morgan fingerprint density at radius 1 is 1.27 bits per heavy atom. The van der Waals surface area contributed by atoms with E-state index >= 15 is 0 Å². The number of nitrogens with two attached hydrogens (primary N) is 1. The van der Waals surface area contributed by atoms with E-state index in [9.17, 15) is 14.0 Å². The molecular weight excluding hydrogens is 337 g/mol. The number of piperazine rings is 1. The summed E-state index contributed by atoms with van der Waals surface area (Å²) in [4.78, 5) is 25.2. The fourth-order valence-corrected chi connectivity index (χ4v) is 3.05. The molecule has 0 unspecified atom stereocenters. The van der Waals surface area contributed by atoms with Crippen LogP contribution in [-0.4, -0.2) is 36.4 Å². The Balaban J connectivity index is 1.79. The minimum absolute atomic E-state index is 0.150. The molecule has 7 heteroatoms. The predicted octanol–water partition coefficient (Wildman–Crippen LogP) is 1.36. The minimum atomic E-state index is -0.561. The number of nitrogens with one attached hydrogen (secondary N) is 1. The summed E-state index contributed by atoms with van der Waals surface area (Å²) in [5.74, 6) is -0.537. The predicted molar refractivity (Wildman–Crippen MR) is 93.7 cm³/mol. The lowest BCUT2D eigenvalue weighted by Crippen LogP contribution is -2.49. The summed E-state index contributed by atoms with van der Waals surface area (Å²) in [7, 11) is 0.